The lowest BCUT2D eigenvalue weighted by molar-refractivity contribution is -0.111. The van der Waals surface area contributed by atoms with Gasteiger partial charge in [-0.2, -0.15) is 0 Å². The van der Waals surface area contributed by atoms with Crippen LogP contribution in [0.15, 0.2) is 53.0 Å². The number of halogens is 2. The minimum Gasteiger partial charge on any atom is -0.457 e. The first-order valence-electron chi connectivity index (χ1n) is 8.45. The van der Waals surface area contributed by atoms with Gasteiger partial charge in [-0.15, -0.1) is 0 Å². The Labute approximate surface area is 168 Å². The Hall–Kier alpha value is -2.49. The van der Waals surface area contributed by atoms with E-state index in [1.165, 1.54) is 11.6 Å². The van der Waals surface area contributed by atoms with E-state index in [2.05, 4.69) is 5.32 Å². The number of furan rings is 1. The van der Waals surface area contributed by atoms with Crippen LogP contribution in [0.3, 0.4) is 0 Å². The Kier molecular flexibility index (Phi) is 5.73. The lowest BCUT2D eigenvalue weighted by Gasteiger charge is -2.11. The number of anilines is 1. The molecule has 1 aromatic heterocycles. The van der Waals surface area contributed by atoms with Gasteiger partial charge in [0.1, 0.15) is 11.5 Å². The van der Waals surface area contributed by atoms with Crippen molar-refractivity contribution in [2.75, 3.05) is 5.32 Å². The minimum absolute atomic E-state index is 0.215. The summed E-state index contributed by atoms with van der Waals surface area (Å²) in [6.07, 6.45) is 3.08. The summed E-state index contributed by atoms with van der Waals surface area (Å²) in [5.41, 5.74) is 4.82. The fraction of sp³-hybridized carbons (Fsp3) is 0.136. The van der Waals surface area contributed by atoms with Crippen LogP contribution in [0.5, 0.6) is 0 Å². The Morgan fingerprint density at radius 3 is 2.37 bits per heavy atom. The van der Waals surface area contributed by atoms with Crippen LogP contribution in [-0.2, 0) is 4.79 Å². The van der Waals surface area contributed by atoms with Crippen LogP contribution in [0.1, 0.15) is 22.5 Å². The second kappa shape index (κ2) is 8.03. The summed E-state index contributed by atoms with van der Waals surface area (Å²) >= 11 is 12.1. The summed E-state index contributed by atoms with van der Waals surface area (Å²) in [6.45, 7) is 5.99. The molecule has 0 aliphatic heterocycles. The van der Waals surface area contributed by atoms with Crippen LogP contribution in [0.4, 0.5) is 5.69 Å². The molecule has 2 aromatic carbocycles. The quantitative estimate of drug-likeness (QED) is 0.488. The Bertz CT molecular complexity index is 1010. The van der Waals surface area contributed by atoms with Crippen molar-refractivity contribution in [3.63, 3.8) is 0 Å². The zero-order valence-corrected chi connectivity index (χ0v) is 16.8. The van der Waals surface area contributed by atoms with Crippen molar-refractivity contribution in [2.45, 2.75) is 20.8 Å². The molecule has 0 saturated carbocycles. The third-order valence-corrected chi connectivity index (χ3v) is 4.70. The fourth-order valence-corrected chi connectivity index (χ4v) is 3.48. The fourth-order valence-electron chi connectivity index (χ4n) is 2.98. The van der Waals surface area contributed by atoms with E-state index in [9.17, 15) is 4.79 Å². The lowest BCUT2D eigenvalue weighted by Crippen LogP contribution is -2.10. The number of aryl methyl sites for hydroxylation is 3. The topological polar surface area (TPSA) is 42.2 Å². The van der Waals surface area contributed by atoms with E-state index in [4.69, 9.17) is 27.6 Å². The molecule has 5 heteroatoms. The van der Waals surface area contributed by atoms with Gasteiger partial charge in [-0.1, -0.05) is 40.9 Å². The second-order valence-electron chi connectivity index (χ2n) is 6.42. The average Bonchev–Trinajstić information content (AvgIpc) is 3.05. The van der Waals surface area contributed by atoms with E-state index in [0.29, 0.717) is 21.6 Å². The third-order valence-electron chi connectivity index (χ3n) is 4.15. The first kappa shape index (κ1) is 19.3. The molecule has 1 amide bonds. The SMILES string of the molecule is Cc1cc(C)c(NC(=O)/C=C/c2ccc(-c3ccc(Cl)cc3Cl)o2)c(C)c1. The van der Waals surface area contributed by atoms with E-state index in [1.807, 2.05) is 32.9 Å². The average molecular weight is 400 g/mol. The smallest absolute Gasteiger partial charge is 0.248 e. The molecule has 0 radical (unpaired) electrons. The maximum atomic E-state index is 12.3. The summed E-state index contributed by atoms with van der Waals surface area (Å²) in [6, 6.07) is 12.9. The summed E-state index contributed by atoms with van der Waals surface area (Å²) in [7, 11) is 0. The molecular formula is C22H19Cl2NO2. The molecular weight excluding hydrogens is 381 g/mol. The van der Waals surface area contributed by atoms with Crippen molar-refractivity contribution in [3.8, 4) is 11.3 Å². The normalized spacial score (nSPS) is 11.1. The van der Waals surface area contributed by atoms with Crippen LogP contribution in [0.2, 0.25) is 10.0 Å². The van der Waals surface area contributed by atoms with Crippen LogP contribution in [-0.4, -0.2) is 5.91 Å². The van der Waals surface area contributed by atoms with Crippen LogP contribution < -0.4 is 5.32 Å². The Balaban J connectivity index is 1.73. The number of carbonyl (C=O) groups is 1. The molecule has 0 aliphatic carbocycles. The molecule has 3 rings (SSSR count). The number of hydrogen-bond donors (Lipinski definition) is 1. The monoisotopic (exact) mass is 399 g/mol. The summed E-state index contributed by atoms with van der Waals surface area (Å²) in [4.78, 5) is 12.3. The van der Waals surface area contributed by atoms with E-state index < -0.39 is 0 Å². The highest BCUT2D eigenvalue weighted by Crippen LogP contribution is 2.31. The predicted octanol–water partition coefficient (Wildman–Crippen LogP) is 6.83. The molecule has 0 aliphatic rings. The first-order valence-corrected chi connectivity index (χ1v) is 9.21. The Morgan fingerprint density at radius 2 is 1.70 bits per heavy atom. The number of rotatable bonds is 4. The molecule has 3 aromatic rings. The molecule has 1 heterocycles. The number of amides is 1. The maximum Gasteiger partial charge on any atom is 0.248 e. The maximum absolute atomic E-state index is 12.3. The Morgan fingerprint density at radius 1 is 1.00 bits per heavy atom. The van der Waals surface area contributed by atoms with Gasteiger partial charge in [-0.25, -0.2) is 0 Å². The van der Waals surface area contributed by atoms with Gasteiger partial charge in [-0.3, -0.25) is 4.79 Å². The number of nitrogens with one attached hydrogen (secondary N) is 1. The van der Waals surface area contributed by atoms with Crippen LogP contribution in [0.25, 0.3) is 17.4 Å². The zero-order valence-electron chi connectivity index (χ0n) is 15.3. The van der Waals surface area contributed by atoms with E-state index in [-0.39, 0.29) is 5.91 Å². The molecule has 27 heavy (non-hydrogen) atoms. The van der Waals surface area contributed by atoms with Crippen molar-refractivity contribution in [3.05, 3.63) is 81.0 Å². The molecule has 1 N–H and O–H groups in total. The lowest BCUT2D eigenvalue weighted by atomic mass is 10.1. The van der Waals surface area contributed by atoms with Crippen molar-refractivity contribution in [1.29, 1.82) is 0 Å². The van der Waals surface area contributed by atoms with Crippen molar-refractivity contribution in [2.24, 2.45) is 0 Å². The number of benzene rings is 2. The van der Waals surface area contributed by atoms with E-state index >= 15 is 0 Å². The predicted molar refractivity (Wildman–Crippen MR) is 112 cm³/mol. The van der Waals surface area contributed by atoms with Crippen molar-refractivity contribution < 1.29 is 9.21 Å². The number of hydrogen-bond acceptors (Lipinski definition) is 2. The molecule has 0 atom stereocenters. The first-order chi connectivity index (χ1) is 12.8. The molecule has 3 nitrogen and oxygen atoms in total. The summed E-state index contributed by atoms with van der Waals surface area (Å²) < 4.78 is 5.76. The van der Waals surface area contributed by atoms with E-state index in [0.717, 1.165) is 22.4 Å². The molecule has 0 fully saturated rings. The van der Waals surface area contributed by atoms with Gasteiger partial charge in [0.05, 0.1) is 5.02 Å². The van der Waals surface area contributed by atoms with Gasteiger partial charge in [0.15, 0.2) is 0 Å². The third kappa shape index (κ3) is 4.62. The highest BCUT2D eigenvalue weighted by atomic mass is 35.5. The minimum atomic E-state index is -0.215. The van der Waals surface area contributed by atoms with Crippen LogP contribution >= 0.6 is 23.2 Å². The van der Waals surface area contributed by atoms with E-state index in [1.54, 1.807) is 36.4 Å². The van der Waals surface area contributed by atoms with Gasteiger partial charge < -0.3 is 9.73 Å². The summed E-state index contributed by atoms with van der Waals surface area (Å²) in [5.74, 6) is 0.956. The van der Waals surface area contributed by atoms with Gasteiger partial charge in [0, 0.05) is 22.3 Å². The van der Waals surface area contributed by atoms with Crippen LogP contribution in [0, 0.1) is 20.8 Å². The van der Waals surface area contributed by atoms with Crippen molar-refractivity contribution in [1.82, 2.24) is 0 Å². The van der Waals surface area contributed by atoms with Gasteiger partial charge in [0.2, 0.25) is 5.91 Å². The molecule has 0 saturated heterocycles. The summed E-state index contributed by atoms with van der Waals surface area (Å²) in [5, 5.41) is 4.00. The molecule has 0 spiro atoms. The van der Waals surface area contributed by atoms with Gasteiger partial charge >= 0.3 is 0 Å². The number of carbonyl (C=O) groups excluding carboxylic acids is 1. The molecule has 0 unspecified atom stereocenters. The highest BCUT2D eigenvalue weighted by molar-refractivity contribution is 6.36. The second-order valence-corrected chi connectivity index (χ2v) is 7.27. The van der Waals surface area contributed by atoms with Gasteiger partial charge in [0.25, 0.3) is 0 Å². The van der Waals surface area contributed by atoms with Gasteiger partial charge in [-0.05, 0) is 68.3 Å². The zero-order chi connectivity index (χ0) is 19.6. The molecule has 138 valence electrons. The standard InChI is InChI=1S/C22H19Cl2NO2/c1-13-10-14(2)22(15(3)11-13)25-21(26)9-6-17-5-8-20(27-17)18-7-4-16(23)12-19(18)24/h4-12H,1-3H3,(H,25,26)/b9-6+. The van der Waals surface area contributed by atoms with Crippen molar-refractivity contribution >= 4 is 40.9 Å². The largest absolute Gasteiger partial charge is 0.457 e. The molecule has 0 bridgehead atoms. The highest BCUT2D eigenvalue weighted by Gasteiger charge is 2.09.